The Morgan fingerprint density at radius 1 is 1.48 bits per heavy atom. The van der Waals surface area contributed by atoms with Gasteiger partial charge in [0.1, 0.15) is 0 Å². The van der Waals surface area contributed by atoms with Gasteiger partial charge in [-0.05, 0) is 25.0 Å². The predicted molar refractivity (Wildman–Crippen MR) is 107 cm³/mol. The molecule has 0 aliphatic carbocycles. The van der Waals surface area contributed by atoms with E-state index in [-0.39, 0.29) is 42.5 Å². The van der Waals surface area contributed by atoms with Crippen LogP contribution in [-0.4, -0.2) is 62.9 Å². The molecule has 0 spiro atoms. The SMILES string of the molecule is CN=C(NCCCOC1CCOC1)NCC(=O)Nc1cccnc1.I. The van der Waals surface area contributed by atoms with Gasteiger partial charge in [-0.1, -0.05) is 0 Å². The van der Waals surface area contributed by atoms with Crippen molar-refractivity contribution in [3.8, 4) is 0 Å². The van der Waals surface area contributed by atoms with E-state index in [2.05, 4.69) is 25.9 Å². The number of anilines is 1. The first-order valence-electron chi connectivity index (χ1n) is 8.11. The summed E-state index contributed by atoms with van der Waals surface area (Å²) in [5.74, 6) is 0.427. The average Bonchev–Trinajstić information content (AvgIpc) is 3.11. The van der Waals surface area contributed by atoms with Gasteiger partial charge in [0.25, 0.3) is 0 Å². The second-order valence-electron chi connectivity index (χ2n) is 5.35. The van der Waals surface area contributed by atoms with Crippen LogP contribution >= 0.6 is 24.0 Å². The molecule has 8 nitrogen and oxygen atoms in total. The molecule has 140 valence electrons. The number of carbonyl (C=O) groups is 1. The molecular weight excluding hydrogens is 437 g/mol. The molecule has 1 fully saturated rings. The lowest BCUT2D eigenvalue weighted by atomic mass is 10.3. The van der Waals surface area contributed by atoms with Crippen LogP contribution in [0.3, 0.4) is 0 Å². The van der Waals surface area contributed by atoms with Crippen molar-refractivity contribution in [2.24, 2.45) is 4.99 Å². The molecule has 1 aliphatic rings. The Morgan fingerprint density at radius 3 is 3.04 bits per heavy atom. The van der Waals surface area contributed by atoms with E-state index in [1.54, 1.807) is 31.6 Å². The summed E-state index contributed by atoms with van der Waals surface area (Å²) < 4.78 is 10.9. The van der Waals surface area contributed by atoms with Crippen LogP contribution in [0.15, 0.2) is 29.5 Å². The van der Waals surface area contributed by atoms with Crippen molar-refractivity contribution >= 4 is 41.5 Å². The number of hydrogen-bond acceptors (Lipinski definition) is 5. The van der Waals surface area contributed by atoms with E-state index in [4.69, 9.17) is 9.47 Å². The number of aromatic nitrogens is 1. The number of pyridine rings is 1. The molecule has 1 amide bonds. The van der Waals surface area contributed by atoms with Gasteiger partial charge in [0.05, 0.1) is 31.1 Å². The molecule has 3 N–H and O–H groups in total. The summed E-state index contributed by atoms with van der Waals surface area (Å²) in [6, 6.07) is 3.55. The fraction of sp³-hybridized carbons (Fsp3) is 0.562. The highest BCUT2D eigenvalue weighted by molar-refractivity contribution is 14.0. The summed E-state index contributed by atoms with van der Waals surface area (Å²) in [6.45, 7) is 3.02. The van der Waals surface area contributed by atoms with Crippen LogP contribution in [0.25, 0.3) is 0 Å². The molecule has 0 saturated carbocycles. The molecule has 1 aliphatic heterocycles. The van der Waals surface area contributed by atoms with Gasteiger partial charge in [-0.2, -0.15) is 0 Å². The Balaban J connectivity index is 0.00000312. The third-order valence-electron chi connectivity index (χ3n) is 3.44. The fourth-order valence-corrected chi connectivity index (χ4v) is 2.20. The zero-order valence-electron chi connectivity index (χ0n) is 14.4. The average molecular weight is 463 g/mol. The monoisotopic (exact) mass is 463 g/mol. The molecule has 0 bridgehead atoms. The zero-order chi connectivity index (χ0) is 17.0. The van der Waals surface area contributed by atoms with Crippen LogP contribution in [0.5, 0.6) is 0 Å². The number of halogens is 1. The van der Waals surface area contributed by atoms with Crippen LogP contribution in [0.4, 0.5) is 5.69 Å². The van der Waals surface area contributed by atoms with Gasteiger partial charge in [-0.3, -0.25) is 14.8 Å². The van der Waals surface area contributed by atoms with Crippen molar-refractivity contribution < 1.29 is 14.3 Å². The first-order valence-corrected chi connectivity index (χ1v) is 8.11. The highest BCUT2D eigenvalue weighted by Gasteiger charge is 2.15. The smallest absolute Gasteiger partial charge is 0.243 e. The third kappa shape index (κ3) is 8.98. The molecule has 25 heavy (non-hydrogen) atoms. The minimum atomic E-state index is -0.157. The maximum absolute atomic E-state index is 11.8. The van der Waals surface area contributed by atoms with Crippen molar-refractivity contribution in [3.63, 3.8) is 0 Å². The molecule has 9 heteroatoms. The van der Waals surface area contributed by atoms with Crippen LogP contribution in [0.2, 0.25) is 0 Å². The maximum atomic E-state index is 11.8. The molecule has 0 aromatic carbocycles. The lowest BCUT2D eigenvalue weighted by Crippen LogP contribution is -2.41. The zero-order valence-corrected chi connectivity index (χ0v) is 16.7. The van der Waals surface area contributed by atoms with Gasteiger partial charge in [-0.15, -0.1) is 24.0 Å². The van der Waals surface area contributed by atoms with Crippen LogP contribution < -0.4 is 16.0 Å². The highest BCUT2D eigenvalue weighted by atomic mass is 127. The first-order chi connectivity index (χ1) is 11.8. The summed E-state index contributed by atoms with van der Waals surface area (Å²) in [5.41, 5.74) is 0.667. The molecule has 1 atom stereocenters. The van der Waals surface area contributed by atoms with E-state index < -0.39 is 0 Å². The van der Waals surface area contributed by atoms with Crippen molar-refractivity contribution in [2.45, 2.75) is 18.9 Å². The first kappa shape index (κ1) is 21.6. The van der Waals surface area contributed by atoms with E-state index in [1.165, 1.54) is 0 Å². The number of amides is 1. The normalized spacial score (nSPS) is 16.8. The van der Waals surface area contributed by atoms with E-state index >= 15 is 0 Å². The van der Waals surface area contributed by atoms with Gasteiger partial charge in [0.15, 0.2) is 5.96 Å². The van der Waals surface area contributed by atoms with Crippen LogP contribution in [0.1, 0.15) is 12.8 Å². The second kappa shape index (κ2) is 12.8. The Kier molecular flexibility index (Phi) is 11.1. The summed E-state index contributed by atoms with van der Waals surface area (Å²) in [7, 11) is 1.67. The van der Waals surface area contributed by atoms with Crippen LogP contribution in [0, 0.1) is 0 Å². The Labute approximate surface area is 165 Å². The molecule has 2 heterocycles. The quantitative estimate of drug-likeness (QED) is 0.231. The molecule has 1 unspecified atom stereocenters. The number of nitrogens with one attached hydrogen (secondary N) is 3. The van der Waals surface area contributed by atoms with Crippen LogP contribution in [-0.2, 0) is 14.3 Å². The predicted octanol–water partition coefficient (Wildman–Crippen LogP) is 0.999. The standard InChI is InChI=1S/C16H25N5O3.HI/c1-17-16(19-7-3-8-24-14-5-9-23-12-14)20-11-15(22)21-13-4-2-6-18-10-13;/h2,4,6,10,14H,3,5,7-9,11-12H2,1H3,(H,21,22)(H2,17,19,20);1H. The summed E-state index contributed by atoms with van der Waals surface area (Å²) >= 11 is 0. The molecule has 1 saturated heterocycles. The van der Waals surface area contributed by atoms with E-state index in [1.807, 2.05) is 0 Å². The van der Waals surface area contributed by atoms with Gasteiger partial charge in [0.2, 0.25) is 5.91 Å². The second-order valence-corrected chi connectivity index (χ2v) is 5.35. The number of nitrogens with zero attached hydrogens (tertiary/aromatic N) is 2. The van der Waals surface area contributed by atoms with Gasteiger partial charge < -0.3 is 25.4 Å². The number of rotatable bonds is 8. The molecule has 1 aromatic heterocycles. The maximum Gasteiger partial charge on any atom is 0.243 e. The molecule has 1 aromatic rings. The summed E-state index contributed by atoms with van der Waals surface area (Å²) in [5, 5.41) is 8.87. The number of guanidine groups is 1. The third-order valence-corrected chi connectivity index (χ3v) is 3.44. The highest BCUT2D eigenvalue weighted by Crippen LogP contribution is 2.07. The van der Waals surface area contributed by atoms with Crippen molar-refractivity contribution in [1.82, 2.24) is 15.6 Å². The van der Waals surface area contributed by atoms with Crippen molar-refractivity contribution in [3.05, 3.63) is 24.5 Å². The van der Waals surface area contributed by atoms with Crippen molar-refractivity contribution in [2.75, 3.05) is 45.3 Å². The lowest BCUT2D eigenvalue weighted by Gasteiger charge is -2.13. The summed E-state index contributed by atoms with van der Waals surface area (Å²) in [4.78, 5) is 19.9. The van der Waals surface area contributed by atoms with E-state index in [9.17, 15) is 4.79 Å². The number of carbonyl (C=O) groups excluding carboxylic acids is 1. The number of ether oxygens (including phenoxy) is 2. The number of hydrogen-bond donors (Lipinski definition) is 3. The van der Waals surface area contributed by atoms with E-state index in [0.29, 0.717) is 24.9 Å². The van der Waals surface area contributed by atoms with Gasteiger partial charge in [0, 0.05) is 33.0 Å². The molecule has 0 radical (unpaired) electrons. The fourth-order valence-electron chi connectivity index (χ4n) is 2.20. The Bertz CT molecular complexity index is 524. The minimum Gasteiger partial charge on any atom is -0.379 e. The molecular formula is C16H26IN5O3. The van der Waals surface area contributed by atoms with Crippen molar-refractivity contribution in [1.29, 1.82) is 0 Å². The van der Waals surface area contributed by atoms with E-state index in [0.717, 1.165) is 26.0 Å². The minimum absolute atomic E-state index is 0. The lowest BCUT2D eigenvalue weighted by molar-refractivity contribution is -0.115. The largest absolute Gasteiger partial charge is 0.379 e. The topological polar surface area (TPSA) is 96.9 Å². The summed E-state index contributed by atoms with van der Waals surface area (Å²) in [6.07, 6.45) is 5.32. The Hall–Kier alpha value is -1.46. The molecule has 2 rings (SSSR count). The number of aliphatic imine (C=N–C) groups is 1. The Morgan fingerprint density at radius 2 is 2.36 bits per heavy atom. The van der Waals surface area contributed by atoms with Gasteiger partial charge in [-0.25, -0.2) is 0 Å². The van der Waals surface area contributed by atoms with Gasteiger partial charge >= 0.3 is 0 Å².